The first-order valence-corrected chi connectivity index (χ1v) is 9.83. The van der Waals surface area contributed by atoms with Crippen LogP contribution in [0.1, 0.15) is 27.0 Å². The smallest absolute Gasteiger partial charge is 0.187 e. The molecule has 0 saturated heterocycles. The highest BCUT2D eigenvalue weighted by Crippen LogP contribution is 2.40. The van der Waals surface area contributed by atoms with Gasteiger partial charge in [0.1, 0.15) is 5.75 Å². The monoisotopic (exact) mass is 392 g/mol. The zero-order valence-electron chi connectivity index (χ0n) is 16.6. The fourth-order valence-electron chi connectivity index (χ4n) is 4.06. The number of hydrogen-bond acceptors (Lipinski definition) is 3. The predicted molar refractivity (Wildman–Crippen MR) is 118 cm³/mol. The summed E-state index contributed by atoms with van der Waals surface area (Å²) in [7, 11) is 1.64. The van der Waals surface area contributed by atoms with Gasteiger partial charge in [-0.1, -0.05) is 48.5 Å². The highest BCUT2D eigenvalue weighted by molar-refractivity contribution is 6.10. The molecule has 5 rings (SSSR count). The third-order valence-electron chi connectivity index (χ3n) is 5.53. The van der Waals surface area contributed by atoms with E-state index in [-0.39, 0.29) is 5.78 Å². The quantitative estimate of drug-likeness (QED) is 0.299. The lowest BCUT2D eigenvalue weighted by molar-refractivity contribution is 0.104. The molecule has 30 heavy (non-hydrogen) atoms. The van der Waals surface area contributed by atoms with Crippen molar-refractivity contribution >= 4 is 11.9 Å². The van der Waals surface area contributed by atoms with E-state index in [9.17, 15) is 4.79 Å². The molecule has 0 unspecified atom stereocenters. The number of benzene rings is 3. The molecular weight excluding hydrogens is 372 g/mol. The van der Waals surface area contributed by atoms with Crippen molar-refractivity contribution in [3.63, 3.8) is 0 Å². The minimum Gasteiger partial charge on any atom is -0.497 e. The summed E-state index contributed by atoms with van der Waals surface area (Å²) in [6.07, 6.45) is 9.66. The molecule has 0 bridgehead atoms. The maximum Gasteiger partial charge on any atom is 0.187 e. The van der Waals surface area contributed by atoms with Gasteiger partial charge in [-0.15, -0.1) is 0 Å². The second kappa shape index (κ2) is 7.48. The second-order valence-corrected chi connectivity index (χ2v) is 7.26. The van der Waals surface area contributed by atoms with Crippen molar-refractivity contribution in [3.05, 3.63) is 108 Å². The molecule has 4 nitrogen and oxygen atoms in total. The summed E-state index contributed by atoms with van der Waals surface area (Å²) in [5.74, 6) is 0.757. The van der Waals surface area contributed by atoms with Crippen LogP contribution < -0.4 is 4.74 Å². The van der Waals surface area contributed by atoms with Crippen LogP contribution in [-0.4, -0.2) is 22.4 Å². The Morgan fingerprint density at radius 3 is 2.63 bits per heavy atom. The van der Waals surface area contributed by atoms with Crippen molar-refractivity contribution < 1.29 is 9.53 Å². The van der Waals surface area contributed by atoms with E-state index >= 15 is 0 Å². The van der Waals surface area contributed by atoms with E-state index in [4.69, 9.17) is 4.74 Å². The van der Waals surface area contributed by atoms with Gasteiger partial charge in [-0.3, -0.25) is 4.79 Å². The third-order valence-corrected chi connectivity index (χ3v) is 5.53. The molecule has 3 aromatic carbocycles. The highest BCUT2D eigenvalue weighted by Gasteiger charge is 2.25. The second-order valence-electron chi connectivity index (χ2n) is 7.26. The van der Waals surface area contributed by atoms with Gasteiger partial charge in [0.2, 0.25) is 0 Å². The van der Waals surface area contributed by atoms with Crippen molar-refractivity contribution in [1.29, 1.82) is 0 Å². The lowest BCUT2D eigenvalue weighted by Crippen LogP contribution is -2.07. The number of carbonyl (C=O) groups is 1. The van der Waals surface area contributed by atoms with E-state index < -0.39 is 0 Å². The Hall–Kier alpha value is -3.92. The van der Waals surface area contributed by atoms with Crippen molar-refractivity contribution in [2.75, 3.05) is 7.11 Å². The van der Waals surface area contributed by atoms with Crippen LogP contribution in [-0.2, 0) is 6.42 Å². The molecule has 0 atom stereocenters. The number of ketones is 1. The number of imidazole rings is 1. The number of allylic oxidation sites excluding steroid dienone is 1. The predicted octanol–water partition coefficient (Wildman–Crippen LogP) is 5.35. The van der Waals surface area contributed by atoms with Gasteiger partial charge < -0.3 is 9.30 Å². The van der Waals surface area contributed by atoms with Crippen LogP contribution in [0, 0.1) is 0 Å². The third kappa shape index (κ3) is 3.12. The van der Waals surface area contributed by atoms with E-state index in [1.807, 2.05) is 47.2 Å². The van der Waals surface area contributed by atoms with Gasteiger partial charge in [0.05, 0.1) is 19.1 Å². The fraction of sp³-hybridized carbons (Fsp3) is 0.0769. The summed E-state index contributed by atoms with van der Waals surface area (Å²) < 4.78 is 7.13. The maximum atomic E-state index is 13.2. The first kappa shape index (κ1) is 18.1. The van der Waals surface area contributed by atoms with Crippen LogP contribution in [0.2, 0.25) is 0 Å². The number of methoxy groups -OCH3 is 1. The Morgan fingerprint density at radius 1 is 1.03 bits per heavy atom. The van der Waals surface area contributed by atoms with Crippen molar-refractivity contribution in [3.8, 4) is 22.6 Å². The molecule has 1 heterocycles. The van der Waals surface area contributed by atoms with Gasteiger partial charge in [0.15, 0.2) is 5.78 Å². The lowest BCUT2D eigenvalue weighted by Gasteiger charge is -2.14. The van der Waals surface area contributed by atoms with Crippen LogP contribution in [0.25, 0.3) is 22.9 Å². The van der Waals surface area contributed by atoms with Crippen molar-refractivity contribution in [2.24, 2.45) is 0 Å². The van der Waals surface area contributed by atoms with Gasteiger partial charge in [0, 0.05) is 24.4 Å². The first-order valence-electron chi connectivity index (χ1n) is 9.83. The Morgan fingerprint density at radius 2 is 1.87 bits per heavy atom. The Labute approximate surface area is 175 Å². The molecule has 4 aromatic rings. The van der Waals surface area contributed by atoms with E-state index in [0.29, 0.717) is 5.56 Å². The average molecular weight is 392 g/mol. The topological polar surface area (TPSA) is 44.1 Å². The molecule has 0 amide bonds. The molecule has 0 saturated carbocycles. The molecule has 0 radical (unpaired) electrons. The summed E-state index contributed by atoms with van der Waals surface area (Å²) in [6.45, 7) is 0. The van der Waals surface area contributed by atoms with E-state index in [2.05, 4.69) is 35.3 Å². The molecule has 4 heteroatoms. The van der Waals surface area contributed by atoms with Gasteiger partial charge in [0.25, 0.3) is 0 Å². The van der Waals surface area contributed by atoms with Gasteiger partial charge in [-0.2, -0.15) is 0 Å². The van der Waals surface area contributed by atoms with Gasteiger partial charge in [-0.25, -0.2) is 4.98 Å². The average Bonchev–Trinajstić information content (AvgIpc) is 3.45. The summed E-state index contributed by atoms with van der Waals surface area (Å²) in [4.78, 5) is 17.4. The Bertz CT molecular complexity index is 1250. The number of rotatable bonds is 5. The molecule has 0 fully saturated rings. The standard InChI is InChI=1S/C26H20N2O2/c1-30-20-9-6-18(7-10-20)8-13-25(29)23-12-11-22-21-5-3-2-4-19(21)16-24(22)26(23)28-15-14-27-17-28/h2-15,17H,16H2,1H3. The van der Waals surface area contributed by atoms with Crippen LogP contribution in [0.4, 0.5) is 0 Å². The molecule has 1 aliphatic carbocycles. The van der Waals surface area contributed by atoms with Gasteiger partial charge in [-0.05, 0) is 52.1 Å². The minimum absolute atomic E-state index is 0.0340. The van der Waals surface area contributed by atoms with Crippen LogP contribution in [0.3, 0.4) is 0 Å². The lowest BCUT2D eigenvalue weighted by atomic mass is 9.97. The van der Waals surface area contributed by atoms with Crippen molar-refractivity contribution in [1.82, 2.24) is 9.55 Å². The van der Waals surface area contributed by atoms with Gasteiger partial charge >= 0.3 is 0 Å². The van der Waals surface area contributed by atoms with E-state index in [1.54, 1.807) is 25.7 Å². The normalized spacial score (nSPS) is 12.0. The number of nitrogens with zero attached hydrogens (tertiary/aromatic N) is 2. The Balaban J connectivity index is 1.56. The molecule has 146 valence electrons. The molecule has 1 aromatic heterocycles. The first-order chi connectivity index (χ1) is 14.7. The zero-order valence-corrected chi connectivity index (χ0v) is 16.6. The number of hydrogen-bond donors (Lipinski definition) is 0. The van der Waals surface area contributed by atoms with Crippen LogP contribution >= 0.6 is 0 Å². The number of ether oxygens (including phenoxy) is 1. The maximum absolute atomic E-state index is 13.2. The largest absolute Gasteiger partial charge is 0.497 e. The summed E-state index contributed by atoms with van der Waals surface area (Å²) in [6, 6.07) is 20.0. The number of aromatic nitrogens is 2. The number of fused-ring (bicyclic) bond motifs is 3. The number of carbonyl (C=O) groups excluding carboxylic acids is 1. The van der Waals surface area contributed by atoms with Crippen molar-refractivity contribution in [2.45, 2.75) is 6.42 Å². The molecule has 0 N–H and O–H groups in total. The highest BCUT2D eigenvalue weighted by atomic mass is 16.5. The molecule has 0 aliphatic heterocycles. The SMILES string of the molecule is COc1ccc(C=CC(=O)c2ccc3c(c2-n2ccnc2)Cc2ccccc2-3)cc1. The summed E-state index contributed by atoms with van der Waals surface area (Å²) >= 11 is 0. The van der Waals surface area contributed by atoms with E-state index in [1.165, 1.54) is 16.7 Å². The zero-order chi connectivity index (χ0) is 20.5. The van der Waals surface area contributed by atoms with Crippen LogP contribution in [0.15, 0.2) is 85.5 Å². The fourth-order valence-corrected chi connectivity index (χ4v) is 4.06. The van der Waals surface area contributed by atoms with E-state index in [0.717, 1.165) is 29.0 Å². The molecule has 1 aliphatic rings. The minimum atomic E-state index is -0.0340. The molecule has 0 spiro atoms. The summed E-state index contributed by atoms with van der Waals surface area (Å²) in [5, 5.41) is 0. The molecular formula is C26H20N2O2. The Kier molecular flexibility index (Phi) is 4.52. The van der Waals surface area contributed by atoms with Crippen LogP contribution in [0.5, 0.6) is 5.75 Å². The summed E-state index contributed by atoms with van der Waals surface area (Å²) in [5.41, 5.74) is 7.40.